The summed E-state index contributed by atoms with van der Waals surface area (Å²) >= 11 is 0. The van der Waals surface area contributed by atoms with Gasteiger partial charge in [0.1, 0.15) is 23.4 Å². The fourth-order valence-electron chi connectivity index (χ4n) is 6.84. The number of benzene rings is 4. The molecule has 0 saturated carbocycles. The average molecular weight is 699 g/mol. The van der Waals surface area contributed by atoms with Gasteiger partial charge in [0.25, 0.3) is 17.8 Å². The number of carboxylic acids is 1. The number of aliphatic carboxylic acids is 1. The maximum absolute atomic E-state index is 15.6. The molecule has 1 unspecified atom stereocenters. The number of carbonyl (C=O) groups excluding carboxylic acids is 1. The molecule has 1 aliphatic rings. The zero-order valence-electron chi connectivity index (χ0n) is 28.4. The Morgan fingerprint density at radius 1 is 1.04 bits per heavy atom. The molecule has 7 nitrogen and oxygen atoms in total. The molecule has 1 fully saturated rings. The molecule has 1 saturated heterocycles. The summed E-state index contributed by atoms with van der Waals surface area (Å²) in [7, 11) is 3.15. The summed E-state index contributed by atoms with van der Waals surface area (Å²) in [6.45, 7) is 3.48. The zero-order chi connectivity index (χ0) is 36.5. The molecule has 0 bridgehead atoms. The molecule has 4 aromatic carbocycles. The highest BCUT2D eigenvalue weighted by molar-refractivity contribution is 6.02. The van der Waals surface area contributed by atoms with Crippen molar-refractivity contribution in [3.05, 3.63) is 88.7 Å². The molecule has 0 spiro atoms. The highest BCUT2D eigenvalue weighted by Crippen LogP contribution is 2.45. The molecular formula is C38H39F5N2O5. The van der Waals surface area contributed by atoms with Gasteiger partial charge in [-0.25, -0.2) is 26.7 Å². The highest BCUT2D eigenvalue weighted by atomic mass is 19.3. The van der Waals surface area contributed by atoms with Crippen LogP contribution in [-0.4, -0.2) is 61.7 Å². The molecule has 2 atom stereocenters. The molecule has 1 amide bonds. The second kappa shape index (κ2) is 14.2. The van der Waals surface area contributed by atoms with Gasteiger partial charge in [0, 0.05) is 38.4 Å². The minimum Gasteiger partial charge on any atom is -0.496 e. The number of carbonyl (C=O) groups is 2. The van der Waals surface area contributed by atoms with Gasteiger partial charge in [-0.05, 0) is 64.6 Å². The fourth-order valence-corrected chi connectivity index (χ4v) is 6.84. The lowest BCUT2D eigenvalue weighted by molar-refractivity contribution is -0.139. The molecular weight excluding hydrogens is 659 g/mol. The summed E-state index contributed by atoms with van der Waals surface area (Å²) in [6, 6.07) is 13.6. The quantitative estimate of drug-likeness (QED) is 0.154. The second-order valence-electron chi connectivity index (χ2n) is 12.7. The molecule has 1 heterocycles. The summed E-state index contributed by atoms with van der Waals surface area (Å²) in [5.41, 5.74) is 2.59. The highest BCUT2D eigenvalue weighted by Gasteiger charge is 2.49. The van der Waals surface area contributed by atoms with E-state index < -0.39 is 66.6 Å². The number of amides is 1. The molecule has 0 radical (unpaired) electrons. The summed E-state index contributed by atoms with van der Waals surface area (Å²) in [5, 5.41) is 14.1. The van der Waals surface area contributed by atoms with Gasteiger partial charge in [0.2, 0.25) is 0 Å². The normalized spacial score (nSPS) is 16.6. The number of ether oxygens (including phenoxy) is 2. The van der Waals surface area contributed by atoms with Gasteiger partial charge >= 0.3 is 5.97 Å². The number of alkyl halides is 4. The number of methoxy groups -OCH3 is 2. The van der Waals surface area contributed by atoms with Crippen LogP contribution in [0.5, 0.6) is 11.5 Å². The van der Waals surface area contributed by atoms with Crippen molar-refractivity contribution in [2.75, 3.05) is 25.7 Å². The van der Waals surface area contributed by atoms with Crippen molar-refractivity contribution in [1.82, 2.24) is 5.32 Å². The van der Waals surface area contributed by atoms with Gasteiger partial charge in [0.15, 0.2) is 0 Å². The third kappa shape index (κ3) is 7.20. The molecule has 0 aliphatic carbocycles. The topological polar surface area (TPSA) is 88.1 Å². The number of nitrogens with one attached hydrogen (secondary N) is 1. The summed E-state index contributed by atoms with van der Waals surface area (Å²) in [6.07, 6.45) is -1.24. The van der Waals surface area contributed by atoms with E-state index in [1.165, 1.54) is 13.0 Å². The number of anilines is 1. The van der Waals surface area contributed by atoms with Crippen LogP contribution >= 0.6 is 0 Å². The third-order valence-corrected chi connectivity index (χ3v) is 9.32. The number of hydrogen-bond donors (Lipinski definition) is 2. The number of aryl methyl sites for hydroxylation is 2. The van der Waals surface area contributed by atoms with Gasteiger partial charge < -0.3 is 24.8 Å². The first-order chi connectivity index (χ1) is 23.6. The largest absolute Gasteiger partial charge is 0.496 e. The Balaban J connectivity index is 1.46. The van der Waals surface area contributed by atoms with Crippen LogP contribution in [0.25, 0.3) is 21.9 Å². The van der Waals surface area contributed by atoms with E-state index in [4.69, 9.17) is 9.47 Å². The lowest BCUT2D eigenvalue weighted by Gasteiger charge is -2.43. The Labute approximate surface area is 287 Å². The molecule has 1 aliphatic heterocycles. The van der Waals surface area contributed by atoms with E-state index in [-0.39, 0.29) is 17.7 Å². The van der Waals surface area contributed by atoms with Crippen LogP contribution in [0.2, 0.25) is 0 Å². The maximum Gasteiger partial charge on any atom is 0.326 e. The monoisotopic (exact) mass is 698 g/mol. The van der Waals surface area contributed by atoms with E-state index in [0.717, 1.165) is 38.4 Å². The van der Waals surface area contributed by atoms with Crippen molar-refractivity contribution in [2.45, 2.75) is 70.4 Å². The number of nitrogens with zero attached hydrogens (tertiary/aromatic N) is 1. The van der Waals surface area contributed by atoms with Crippen molar-refractivity contribution in [3.63, 3.8) is 0 Å². The van der Waals surface area contributed by atoms with Crippen LogP contribution in [0, 0.1) is 12.7 Å². The Morgan fingerprint density at radius 2 is 1.74 bits per heavy atom. The molecule has 50 heavy (non-hydrogen) atoms. The summed E-state index contributed by atoms with van der Waals surface area (Å²) in [5.74, 6) is -9.04. The molecule has 4 aromatic rings. The third-order valence-electron chi connectivity index (χ3n) is 9.32. The first-order valence-electron chi connectivity index (χ1n) is 16.2. The Bertz CT molecular complexity index is 1900. The fraction of sp³-hybridized carbons (Fsp3) is 0.368. The Morgan fingerprint density at radius 3 is 2.36 bits per heavy atom. The van der Waals surface area contributed by atoms with E-state index in [0.29, 0.717) is 30.4 Å². The van der Waals surface area contributed by atoms with E-state index >= 15 is 4.39 Å². The smallest absolute Gasteiger partial charge is 0.326 e. The van der Waals surface area contributed by atoms with Crippen LogP contribution in [0.4, 0.5) is 27.6 Å². The lowest BCUT2D eigenvalue weighted by atomic mass is 9.91. The second-order valence-corrected chi connectivity index (χ2v) is 12.7. The minimum absolute atomic E-state index is 0.0316. The van der Waals surface area contributed by atoms with Gasteiger partial charge in [-0.2, -0.15) is 0 Å². The van der Waals surface area contributed by atoms with E-state index in [1.54, 1.807) is 26.4 Å². The number of halogens is 5. The molecule has 0 aromatic heterocycles. The van der Waals surface area contributed by atoms with Crippen molar-refractivity contribution in [2.24, 2.45) is 0 Å². The van der Waals surface area contributed by atoms with Gasteiger partial charge in [-0.3, -0.25) is 4.79 Å². The number of hydrogen-bond acceptors (Lipinski definition) is 5. The lowest BCUT2D eigenvalue weighted by Crippen LogP contribution is -2.54. The van der Waals surface area contributed by atoms with Gasteiger partial charge in [0.05, 0.1) is 31.4 Å². The number of fused-ring (bicyclic) bond motifs is 1. The molecule has 2 N–H and O–H groups in total. The summed E-state index contributed by atoms with van der Waals surface area (Å²) in [4.78, 5) is 26.9. The van der Waals surface area contributed by atoms with E-state index in [2.05, 4.69) is 5.32 Å². The van der Waals surface area contributed by atoms with Crippen molar-refractivity contribution >= 4 is 28.3 Å². The van der Waals surface area contributed by atoms with Crippen molar-refractivity contribution in [1.29, 1.82) is 0 Å². The number of piperidine rings is 1. The number of rotatable bonds is 11. The van der Waals surface area contributed by atoms with Gasteiger partial charge in [-0.1, -0.05) is 49.4 Å². The molecule has 5 rings (SSSR count). The number of carboxylic acid groups (broad SMARTS) is 1. The predicted octanol–water partition coefficient (Wildman–Crippen LogP) is 8.22. The molecule has 12 heteroatoms. The zero-order valence-corrected chi connectivity index (χ0v) is 28.4. The summed E-state index contributed by atoms with van der Waals surface area (Å²) < 4.78 is 84.0. The van der Waals surface area contributed by atoms with Crippen molar-refractivity contribution < 1.29 is 46.1 Å². The van der Waals surface area contributed by atoms with E-state index in [1.807, 2.05) is 43.3 Å². The first-order valence-corrected chi connectivity index (χ1v) is 16.2. The first kappa shape index (κ1) is 36.4. The van der Waals surface area contributed by atoms with E-state index in [9.17, 15) is 32.3 Å². The van der Waals surface area contributed by atoms with Crippen LogP contribution in [0.3, 0.4) is 0 Å². The molecule has 266 valence electrons. The Hall–Kier alpha value is -4.87. The van der Waals surface area contributed by atoms with Gasteiger partial charge in [-0.15, -0.1) is 0 Å². The minimum atomic E-state index is -3.51. The average Bonchev–Trinajstić information content (AvgIpc) is 3.05. The SMILES string of the molecule is CCc1ccc(OC)c(-c2cccc3c(C[C@H](NC(=O)c4c(C)cc(N5CCC(F)(F)CC5C(C)(F)F)cc4F)C(=O)O)cccc23)c1OC. The van der Waals surface area contributed by atoms with Crippen LogP contribution in [0.15, 0.2) is 60.7 Å². The van der Waals surface area contributed by atoms with Crippen LogP contribution in [-0.2, 0) is 17.6 Å². The maximum atomic E-state index is 15.6. The van der Waals surface area contributed by atoms with Crippen molar-refractivity contribution in [3.8, 4) is 22.6 Å². The standard InChI is InChI=1S/C38H39F5N2O5/c1-6-22-13-14-30(49-4)33(34(22)50-5)27-12-8-10-25-23(9-7-11-26(25)27)18-29(36(47)48)44-35(46)32-21(2)17-24(19-28(32)39)45-16-15-38(42,43)20-31(45)37(3,40)41/h7-14,17,19,29,31H,6,15-16,18,20H2,1-5H3,(H,44,46)(H,47,48)/t29-,31?/m0/s1. The Kier molecular flexibility index (Phi) is 10.3. The predicted molar refractivity (Wildman–Crippen MR) is 182 cm³/mol. The van der Waals surface area contributed by atoms with Crippen LogP contribution < -0.4 is 19.7 Å². The van der Waals surface area contributed by atoms with Crippen LogP contribution in [0.1, 0.15) is 53.7 Å².